The fraction of sp³-hybridized carbons (Fsp3) is 0.300. The second-order valence-electron chi connectivity index (χ2n) is 6.63. The number of anilines is 1. The number of thiazole rings is 1. The third-order valence-corrected chi connectivity index (χ3v) is 6.16. The van der Waals surface area contributed by atoms with Gasteiger partial charge in [0.2, 0.25) is 0 Å². The molecule has 2 heterocycles. The highest BCUT2D eigenvalue weighted by Gasteiger charge is 2.24. The van der Waals surface area contributed by atoms with E-state index in [2.05, 4.69) is 0 Å². The summed E-state index contributed by atoms with van der Waals surface area (Å²) in [5, 5.41) is 1.40. The van der Waals surface area contributed by atoms with E-state index in [4.69, 9.17) is 16.6 Å². The largest absolute Gasteiger partial charge is 0.333 e. The number of benzene rings is 2. The molecule has 1 saturated heterocycles. The first-order valence-corrected chi connectivity index (χ1v) is 10.2. The van der Waals surface area contributed by atoms with Crippen LogP contribution < -0.4 is 9.80 Å². The number of carbonyl (C=O) groups excluding carboxylic acids is 1. The molecule has 0 radical (unpaired) electrons. The summed E-state index contributed by atoms with van der Waals surface area (Å²) >= 11 is 7.55. The van der Waals surface area contributed by atoms with E-state index in [1.807, 2.05) is 29.2 Å². The molecule has 1 aliphatic heterocycles. The van der Waals surface area contributed by atoms with Crippen molar-refractivity contribution in [2.45, 2.75) is 12.8 Å². The summed E-state index contributed by atoms with van der Waals surface area (Å²) in [6, 6.07) is 15.1. The molecular weight excluding hydrogens is 366 g/mol. The lowest BCUT2D eigenvalue weighted by Crippen LogP contribution is -3.10. The Balaban J connectivity index is 1.63. The molecular formula is C20H21ClN3OS+. The average Bonchev–Trinajstić information content (AvgIpc) is 3.31. The predicted molar refractivity (Wildman–Crippen MR) is 108 cm³/mol. The van der Waals surface area contributed by atoms with Crippen molar-refractivity contribution in [1.29, 1.82) is 0 Å². The topological polar surface area (TPSA) is 37.6 Å². The number of hydrogen-bond acceptors (Lipinski definition) is 3. The lowest BCUT2D eigenvalue weighted by atomic mass is 10.2. The number of nitrogens with zero attached hydrogens (tertiary/aromatic N) is 2. The Bertz CT molecular complexity index is 870. The molecule has 1 amide bonds. The summed E-state index contributed by atoms with van der Waals surface area (Å²) in [4.78, 5) is 21.3. The highest BCUT2D eigenvalue weighted by molar-refractivity contribution is 7.22. The molecule has 0 atom stereocenters. The number of quaternary nitrogens is 1. The van der Waals surface area contributed by atoms with Crippen LogP contribution in [0.15, 0.2) is 48.5 Å². The van der Waals surface area contributed by atoms with Gasteiger partial charge in [-0.25, -0.2) is 4.98 Å². The molecule has 0 bridgehead atoms. The van der Waals surface area contributed by atoms with Crippen LogP contribution in [0.3, 0.4) is 0 Å². The Morgan fingerprint density at radius 2 is 1.85 bits per heavy atom. The van der Waals surface area contributed by atoms with Crippen LogP contribution in [-0.4, -0.2) is 37.1 Å². The lowest BCUT2D eigenvalue weighted by molar-refractivity contribution is -0.885. The maximum Gasteiger partial charge on any atom is 0.260 e. The highest BCUT2D eigenvalue weighted by Crippen LogP contribution is 2.29. The molecule has 4 rings (SSSR count). The van der Waals surface area contributed by atoms with Crippen molar-refractivity contribution < 1.29 is 9.69 Å². The molecule has 3 aromatic rings. The number of aromatic nitrogens is 1. The first kappa shape index (κ1) is 17.5. The van der Waals surface area contributed by atoms with Gasteiger partial charge < -0.3 is 4.90 Å². The Kier molecular flexibility index (Phi) is 5.20. The maximum absolute atomic E-state index is 13.2. The van der Waals surface area contributed by atoms with Crippen LogP contribution in [0.1, 0.15) is 23.2 Å². The Morgan fingerprint density at radius 1 is 1.12 bits per heavy atom. The normalized spacial score (nSPS) is 14.8. The standard InChI is InChI=1S/C20H20ClN3OS/c21-16-9-7-15(8-10-16)19(25)24(14-13-23-11-3-4-12-23)20-22-17-5-1-2-6-18(17)26-20/h1-2,5-10H,3-4,11-14H2/p+1. The molecule has 1 aliphatic rings. The number of carbonyl (C=O) groups is 1. The number of amides is 1. The molecule has 2 aromatic carbocycles. The minimum absolute atomic E-state index is 0.0145. The van der Waals surface area contributed by atoms with Gasteiger partial charge in [0.05, 0.1) is 36.4 Å². The zero-order valence-corrected chi connectivity index (χ0v) is 16.0. The molecule has 4 nitrogen and oxygen atoms in total. The van der Waals surface area contributed by atoms with Crippen molar-refractivity contribution in [3.05, 3.63) is 59.1 Å². The monoisotopic (exact) mass is 386 g/mol. The Morgan fingerprint density at radius 3 is 2.58 bits per heavy atom. The van der Waals surface area contributed by atoms with E-state index in [0.717, 1.165) is 21.9 Å². The van der Waals surface area contributed by atoms with Crippen molar-refractivity contribution in [1.82, 2.24) is 4.98 Å². The van der Waals surface area contributed by atoms with E-state index in [1.165, 1.54) is 25.9 Å². The van der Waals surface area contributed by atoms with Gasteiger partial charge in [0.25, 0.3) is 5.91 Å². The number of nitrogens with one attached hydrogen (secondary N) is 1. The van der Waals surface area contributed by atoms with E-state index in [-0.39, 0.29) is 5.91 Å². The molecule has 6 heteroatoms. The molecule has 0 aliphatic carbocycles. The van der Waals surface area contributed by atoms with Gasteiger partial charge in [0.15, 0.2) is 5.13 Å². The van der Waals surface area contributed by atoms with Crippen LogP contribution in [0.25, 0.3) is 10.2 Å². The van der Waals surface area contributed by atoms with E-state index < -0.39 is 0 Å². The highest BCUT2D eigenvalue weighted by atomic mass is 35.5. The lowest BCUT2D eigenvalue weighted by Gasteiger charge is -2.22. The zero-order valence-electron chi connectivity index (χ0n) is 14.5. The Labute approximate surface area is 162 Å². The van der Waals surface area contributed by atoms with Crippen molar-refractivity contribution in [3.63, 3.8) is 0 Å². The van der Waals surface area contributed by atoms with Crippen molar-refractivity contribution >= 4 is 44.2 Å². The van der Waals surface area contributed by atoms with Crippen LogP contribution in [-0.2, 0) is 0 Å². The minimum atomic E-state index is -0.0145. The Hall–Kier alpha value is -1.95. The van der Waals surface area contributed by atoms with E-state index in [1.54, 1.807) is 40.5 Å². The van der Waals surface area contributed by atoms with Gasteiger partial charge in [0, 0.05) is 23.4 Å². The second-order valence-corrected chi connectivity index (χ2v) is 8.08. The summed E-state index contributed by atoms with van der Waals surface area (Å²) in [5.41, 5.74) is 1.58. The quantitative estimate of drug-likeness (QED) is 0.730. The van der Waals surface area contributed by atoms with E-state index >= 15 is 0 Å². The van der Waals surface area contributed by atoms with Crippen LogP contribution in [0, 0.1) is 0 Å². The first-order valence-electron chi connectivity index (χ1n) is 8.97. The number of hydrogen-bond donors (Lipinski definition) is 1. The smallest absolute Gasteiger partial charge is 0.260 e. The number of para-hydroxylation sites is 1. The van der Waals surface area contributed by atoms with Gasteiger partial charge in [-0.15, -0.1) is 0 Å². The molecule has 0 unspecified atom stereocenters. The summed E-state index contributed by atoms with van der Waals surface area (Å²) < 4.78 is 1.10. The van der Waals surface area contributed by atoms with Gasteiger partial charge in [-0.2, -0.15) is 0 Å². The zero-order chi connectivity index (χ0) is 17.9. The van der Waals surface area contributed by atoms with E-state index in [0.29, 0.717) is 17.1 Å². The number of likely N-dealkylation sites (tertiary alicyclic amines) is 1. The van der Waals surface area contributed by atoms with Gasteiger partial charge in [-0.3, -0.25) is 9.69 Å². The minimum Gasteiger partial charge on any atom is -0.333 e. The SMILES string of the molecule is O=C(c1ccc(Cl)cc1)N(CC[NH+]1CCCC1)c1nc2ccccc2s1. The molecule has 26 heavy (non-hydrogen) atoms. The maximum atomic E-state index is 13.2. The fourth-order valence-corrected chi connectivity index (χ4v) is 4.52. The third kappa shape index (κ3) is 3.75. The number of fused-ring (bicyclic) bond motifs is 1. The number of halogens is 1. The third-order valence-electron chi connectivity index (χ3n) is 4.85. The van der Waals surface area contributed by atoms with Crippen molar-refractivity contribution in [2.75, 3.05) is 31.1 Å². The van der Waals surface area contributed by atoms with Crippen molar-refractivity contribution in [2.24, 2.45) is 0 Å². The molecule has 134 valence electrons. The summed E-state index contributed by atoms with van der Waals surface area (Å²) in [5.74, 6) is -0.0145. The first-order chi connectivity index (χ1) is 12.7. The molecule has 0 spiro atoms. The molecule has 0 saturated carbocycles. The van der Waals surface area contributed by atoms with Crippen LogP contribution >= 0.6 is 22.9 Å². The molecule has 1 N–H and O–H groups in total. The van der Waals surface area contributed by atoms with Gasteiger partial charge in [0.1, 0.15) is 0 Å². The van der Waals surface area contributed by atoms with Crippen LogP contribution in [0.4, 0.5) is 5.13 Å². The summed E-state index contributed by atoms with van der Waals surface area (Å²) in [6.45, 7) is 4.03. The molecule has 1 fully saturated rings. The summed E-state index contributed by atoms with van der Waals surface area (Å²) in [6.07, 6.45) is 2.56. The van der Waals surface area contributed by atoms with Crippen LogP contribution in [0.5, 0.6) is 0 Å². The fourth-order valence-electron chi connectivity index (χ4n) is 3.40. The van der Waals surface area contributed by atoms with Crippen molar-refractivity contribution in [3.8, 4) is 0 Å². The average molecular weight is 387 g/mol. The molecule has 1 aromatic heterocycles. The predicted octanol–water partition coefficient (Wildman–Crippen LogP) is 3.28. The van der Waals surface area contributed by atoms with Gasteiger partial charge in [-0.05, 0) is 36.4 Å². The van der Waals surface area contributed by atoms with E-state index in [9.17, 15) is 4.79 Å². The van der Waals surface area contributed by atoms with Crippen LogP contribution in [0.2, 0.25) is 5.02 Å². The van der Waals surface area contributed by atoms with Gasteiger partial charge in [-0.1, -0.05) is 35.1 Å². The van der Waals surface area contributed by atoms with Gasteiger partial charge >= 0.3 is 0 Å². The summed E-state index contributed by atoms with van der Waals surface area (Å²) in [7, 11) is 0. The second kappa shape index (κ2) is 7.74. The number of rotatable bonds is 5.